The van der Waals surface area contributed by atoms with Crippen LogP contribution in [0.5, 0.6) is 0 Å². The predicted molar refractivity (Wildman–Crippen MR) is 93.7 cm³/mol. The maximum atomic E-state index is 13.5. The van der Waals surface area contributed by atoms with Gasteiger partial charge in [0.1, 0.15) is 0 Å². The third kappa shape index (κ3) is 4.15. The summed E-state index contributed by atoms with van der Waals surface area (Å²) in [5.41, 5.74) is 1.59. The number of urea groups is 1. The topological polar surface area (TPSA) is 45.2 Å². The van der Waals surface area contributed by atoms with E-state index in [4.69, 9.17) is 0 Å². The number of halogens is 2. The lowest BCUT2D eigenvalue weighted by Gasteiger charge is -2.33. The first kappa shape index (κ1) is 17.8. The lowest BCUT2D eigenvalue weighted by molar-refractivity contribution is 0.176. The van der Waals surface area contributed by atoms with Crippen molar-refractivity contribution >= 4 is 17.4 Å². The molecule has 0 saturated carbocycles. The van der Waals surface area contributed by atoms with Crippen molar-refractivity contribution in [3.63, 3.8) is 0 Å². The Morgan fingerprint density at radius 2 is 2.20 bits per heavy atom. The molecule has 2 unspecified atom stereocenters. The number of aromatic nitrogens is 1. The molecule has 0 spiro atoms. The monoisotopic (exact) mass is 365 g/mol. The van der Waals surface area contributed by atoms with E-state index >= 15 is 0 Å². The Balaban J connectivity index is 1.64. The fraction of sp³-hybridized carbons (Fsp3) is 0.444. The summed E-state index contributed by atoms with van der Waals surface area (Å²) in [6, 6.07) is 3.68. The van der Waals surface area contributed by atoms with E-state index in [1.807, 2.05) is 19.2 Å². The molecule has 2 amide bonds. The molecule has 1 aromatic heterocycles. The molecule has 1 fully saturated rings. The van der Waals surface area contributed by atoms with Gasteiger partial charge in [0.25, 0.3) is 0 Å². The number of carbonyl (C=O) groups is 1. The third-order valence-electron chi connectivity index (χ3n) is 4.54. The van der Waals surface area contributed by atoms with Crippen molar-refractivity contribution in [3.8, 4) is 0 Å². The number of carbonyl (C=O) groups excluding carboxylic acids is 1. The zero-order chi connectivity index (χ0) is 18.0. The average Bonchev–Trinajstić information content (AvgIpc) is 3.04. The molecule has 3 rings (SSSR count). The Bertz CT molecular complexity index is 765. The Kier molecular flexibility index (Phi) is 5.32. The third-order valence-corrected chi connectivity index (χ3v) is 5.34. The molecule has 1 aliphatic heterocycles. The number of amides is 2. The van der Waals surface area contributed by atoms with Gasteiger partial charge in [-0.2, -0.15) is 0 Å². The molecule has 4 nitrogen and oxygen atoms in total. The molecule has 0 aliphatic carbocycles. The van der Waals surface area contributed by atoms with Crippen molar-refractivity contribution in [2.45, 2.75) is 38.6 Å². The van der Waals surface area contributed by atoms with Crippen LogP contribution < -0.4 is 5.32 Å². The van der Waals surface area contributed by atoms with E-state index in [0.29, 0.717) is 13.1 Å². The summed E-state index contributed by atoms with van der Waals surface area (Å²) < 4.78 is 26.6. The number of likely N-dealkylation sites (tertiary alicyclic amines) is 1. The summed E-state index contributed by atoms with van der Waals surface area (Å²) in [5.74, 6) is -1.67. The summed E-state index contributed by atoms with van der Waals surface area (Å²) in [6.07, 6.45) is 1.69. The Labute approximate surface area is 149 Å². The van der Waals surface area contributed by atoms with Crippen LogP contribution in [-0.2, 0) is 0 Å². The first-order valence-electron chi connectivity index (χ1n) is 8.36. The zero-order valence-corrected chi connectivity index (χ0v) is 15.1. The van der Waals surface area contributed by atoms with Gasteiger partial charge in [-0.05, 0) is 44.4 Å². The lowest BCUT2D eigenvalue weighted by Crippen LogP contribution is -2.45. The number of benzene rings is 1. The van der Waals surface area contributed by atoms with Gasteiger partial charge < -0.3 is 10.2 Å². The van der Waals surface area contributed by atoms with Crippen LogP contribution in [0.2, 0.25) is 0 Å². The fourth-order valence-electron chi connectivity index (χ4n) is 3.13. The standard InChI is InChI=1S/C18H21F2N3OS/c1-11(17-10-25-12(2)22-17)21-18(24)23-7-3-4-14(9-23)13-5-6-15(19)16(20)8-13/h5-6,8,10-11,14H,3-4,7,9H2,1-2H3,(H,21,24). The molecular weight excluding hydrogens is 344 g/mol. The second-order valence-corrected chi connectivity index (χ2v) is 7.48. The number of nitrogens with one attached hydrogen (secondary N) is 1. The van der Waals surface area contributed by atoms with Crippen molar-refractivity contribution in [3.05, 3.63) is 51.5 Å². The van der Waals surface area contributed by atoms with Crippen LogP contribution >= 0.6 is 11.3 Å². The second kappa shape index (κ2) is 7.47. The van der Waals surface area contributed by atoms with Crippen LogP contribution in [0, 0.1) is 18.6 Å². The molecule has 0 bridgehead atoms. The molecule has 2 aromatic rings. The largest absolute Gasteiger partial charge is 0.330 e. The van der Waals surface area contributed by atoms with Gasteiger partial charge in [0.05, 0.1) is 16.7 Å². The minimum atomic E-state index is -0.846. The van der Waals surface area contributed by atoms with Gasteiger partial charge in [0.15, 0.2) is 11.6 Å². The van der Waals surface area contributed by atoms with Crippen LogP contribution in [0.3, 0.4) is 0 Å². The highest BCUT2D eigenvalue weighted by molar-refractivity contribution is 7.09. The summed E-state index contributed by atoms with van der Waals surface area (Å²) in [6.45, 7) is 5.00. The lowest BCUT2D eigenvalue weighted by atomic mass is 9.90. The molecule has 134 valence electrons. The molecule has 1 saturated heterocycles. The highest BCUT2D eigenvalue weighted by Crippen LogP contribution is 2.28. The number of hydrogen-bond donors (Lipinski definition) is 1. The number of aryl methyl sites for hydroxylation is 1. The van der Waals surface area contributed by atoms with E-state index in [-0.39, 0.29) is 18.0 Å². The fourth-order valence-corrected chi connectivity index (χ4v) is 3.84. The van der Waals surface area contributed by atoms with Crippen LogP contribution in [-0.4, -0.2) is 29.0 Å². The summed E-state index contributed by atoms with van der Waals surface area (Å²) in [4.78, 5) is 18.7. The molecule has 7 heteroatoms. The van der Waals surface area contributed by atoms with Gasteiger partial charge in [-0.25, -0.2) is 18.6 Å². The van der Waals surface area contributed by atoms with Crippen LogP contribution in [0.4, 0.5) is 13.6 Å². The second-order valence-electron chi connectivity index (χ2n) is 6.42. The van der Waals surface area contributed by atoms with Crippen molar-refractivity contribution < 1.29 is 13.6 Å². The molecule has 2 heterocycles. The Morgan fingerprint density at radius 1 is 1.40 bits per heavy atom. The van der Waals surface area contributed by atoms with Crippen molar-refractivity contribution in [1.82, 2.24) is 15.2 Å². The van der Waals surface area contributed by atoms with Gasteiger partial charge in [-0.3, -0.25) is 0 Å². The molecule has 1 aromatic carbocycles. The molecule has 0 radical (unpaired) electrons. The smallest absolute Gasteiger partial charge is 0.317 e. The predicted octanol–water partition coefficient (Wildman–Crippen LogP) is 4.38. The van der Waals surface area contributed by atoms with Gasteiger partial charge >= 0.3 is 6.03 Å². The van der Waals surface area contributed by atoms with E-state index in [1.165, 1.54) is 6.07 Å². The van der Waals surface area contributed by atoms with Gasteiger partial charge in [-0.15, -0.1) is 11.3 Å². The molecule has 1 aliphatic rings. The van der Waals surface area contributed by atoms with E-state index in [1.54, 1.807) is 22.3 Å². The van der Waals surface area contributed by atoms with Crippen molar-refractivity contribution in [2.24, 2.45) is 0 Å². The molecular formula is C18H21F2N3OS. The summed E-state index contributed by atoms with van der Waals surface area (Å²) in [7, 11) is 0. The summed E-state index contributed by atoms with van der Waals surface area (Å²) in [5, 5.41) is 5.88. The molecule has 2 atom stereocenters. The average molecular weight is 365 g/mol. The van der Waals surface area contributed by atoms with E-state index in [0.717, 1.165) is 35.2 Å². The molecule has 1 N–H and O–H groups in total. The zero-order valence-electron chi connectivity index (χ0n) is 14.3. The van der Waals surface area contributed by atoms with Crippen LogP contribution in [0.15, 0.2) is 23.6 Å². The Morgan fingerprint density at radius 3 is 2.88 bits per heavy atom. The van der Waals surface area contributed by atoms with Crippen LogP contribution in [0.1, 0.15) is 48.0 Å². The normalized spacial score (nSPS) is 18.9. The maximum absolute atomic E-state index is 13.5. The quantitative estimate of drug-likeness (QED) is 0.877. The first-order valence-corrected chi connectivity index (χ1v) is 9.24. The Hall–Kier alpha value is -2.02. The highest BCUT2D eigenvalue weighted by Gasteiger charge is 2.26. The SMILES string of the molecule is Cc1nc(C(C)NC(=O)N2CCCC(c3ccc(F)c(F)c3)C2)cs1. The van der Waals surface area contributed by atoms with Crippen molar-refractivity contribution in [2.75, 3.05) is 13.1 Å². The molecule has 25 heavy (non-hydrogen) atoms. The van der Waals surface area contributed by atoms with E-state index in [9.17, 15) is 13.6 Å². The van der Waals surface area contributed by atoms with E-state index < -0.39 is 11.6 Å². The van der Waals surface area contributed by atoms with Gasteiger partial charge in [-0.1, -0.05) is 6.07 Å². The van der Waals surface area contributed by atoms with E-state index in [2.05, 4.69) is 10.3 Å². The van der Waals surface area contributed by atoms with Gasteiger partial charge in [0, 0.05) is 24.4 Å². The first-order chi connectivity index (χ1) is 11.9. The summed E-state index contributed by atoms with van der Waals surface area (Å²) >= 11 is 1.55. The highest BCUT2D eigenvalue weighted by atomic mass is 32.1. The van der Waals surface area contributed by atoms with Gasteiger partial charge in [0.2, 0.25) is 0 Å². The minimum Gasteiger partial charge on any atom is -0.330 e. The minimum absolute atomic E-state index is 0.0198. The maximum Gasteiger partial charge on any atom is 0.317 e. The number of nitrogens with zero attached hydrogens (tertiary/aromatic N) is 2. The van der Waals surface area contributed by atoms with Crippen LogP contribution in [0.25, 0.3) is 0 Å². The number of piperidine rings is 1. The number of hydrogen-bond acceptors (Lipinski definition) is 3. The number of thiazole rings is 1. The van der Waals surface area contributed by atoms with Crippen molar-refractivity contribution in [1.29, 1.82) is 0 Å². The number of rotatable bonds is 3.